The molecule has 3 heteroatoms. The summed E-state index contributed by atoms with van der Waals surface area (Å²) in [5.74, 6) is 0. The number of aryl methyl sites for hydroxylation is 1. The Bertz CT molecular complexity index is 448. The lowest BCUT2D eigenvalue weighted by molar-refractivity contribution is -0.109. The van der Waals surface area contributed by atoms with Crippen LogP contribution in [0.25, 0.3) is 0 Å². The van der Waals surface area contributed by atoms with E-state index in [9.17, 15) is 0 Å². The van der Waals surface area contributed by atoms with Gasteiger partial charge in [-0.05, 0) is 50.5 Å². The molecule has 0 aliphatic heterocycles. The van der Waals surface area contributed by atoms with Crippen LogP contribution in [0.3, 0.4) is 0 Å². The number of ether oxygens (including phenoxy) is 1. The monoisotopic (exact) mass is 281 g/mol. The molecule has 0 spiro atoms. The minimum atomic E-state index is 0.224. The van der Waals surface area contributed by atoms with Crippen molar-refractivity contribution >= 4 is 17.3 Å². The highest BCUT2D eigenvalue weighted by Crippen LogP contribution is 2.47. The molecule has 2 nitrogen and oxygen atoms in total. The topological polar surface area (TPSA) is 21.3 Å². The van der Waals surface area contributed by atoms with Gasteiger partial charge in [0.1, 0.15) is 0 Å². The second kappa shape index (κ2) is 5.72. The first-order valence-corrected chi connectivity index (χ1v) is 7.53. The molecule has 106 valence electrons. The standard InChI is InChI=1S/C16H24ClNO/c1-5-16(4)14(10-15(16)19-6-2)18-13-8-7-12(17)9-11(13)3/h7-9,14-15,18H,5-6,10H2,1-4H3. The maximum Gasteiger partial charge on any atom is 0.0667 e. The number of hydrogen-bond donors (Lipinski definition) is 1. The molecule has 0 saturated heterocycles. The van der Waals surface area contributed by atoms with Crippen molar-refractivity contribution in [1.29, 1.82) is 0 Å². The third-order valence-corrected chi connectivity index (χ3v) is 4.86. The van der Waals surface area contributed by atoms with E-state index in [4.69, 9.17) is 16.3 Å². The number of nitrogens with one attached hydrogen (secondary N) is 1. The Labute approximate surface area is 121 Å². The van der Waals surface area contributed by atoms with Gasteiger partial charge in [0.15, 0.2) is 0 Å². The van der Waals surface area contributed by atoms with E-state index in [-0.39, 0.29) is 5.41 Å². The van der Waals surface area contributed by atoms with E-state index >= 15 is 0 Å². The van der Waals surface area contributed by atoms with Gasteiger partial charge in [0.25, 0.3) is 0 Å². The van der Waals surface area contributed by atoms with Crippen molar-refractivity contribution in [1.82, 2.24) is 0 Å². The van der Waals surface area contributed by atoms with Crippen molar-refractivity contribution in [2.24, 2.45) is 5.41 Å². The van der Waals surface area contributed by atoms with Crippen molar-refractivity contribution in [3.05, 3.63) is 28.8 Å². The van der Waals surface area contributed by atoms with E-state index in [1.54, 1.807) is 0 Å². The number of anilines is 1. The molecule has 2 rings (SSSR count). The van der Waals surface area contributed by atoms with E-state index in [0.29, 0.717) is 12.1 Å². The summed E-state index contributed by atoms with van der Waals surface area (Å²) in [5, 5.41) is 4.46. The molecule has 19 heavy (non-hydrogen) atoms. The van der Waals surface area contributed by atoms with Crippen LogP contribution in [0.4, 0.5) is 5.69 Å². The Morgan fingerprint density at radius 3 is 2.74 bits per heavy atom. The minimum Gasteiger partial charge on any atom is -0.381 e. The summed E-state index contributed by atoms with van der Waals surface area (Å²) in [6, 6.07) is 6.50. The quantitative estimate of drug-likeness (QED) is 0.848. The molecule has 0 bridgehead atoms. The Kier molecular flexibility index (Phi) is 4.42. The normalized spacial score (nSPS) is 29.9. The molecule has 1 saturated carbocycles. The Balaban J connectivity index is 2.08. The van der Waals surface area contributed by atoms with E-state index in [0.717, 1.165) is 24.5 Å². The average molecular weight is 282 g/mol. The van der Waals surface area contributed by atoms with Gasteiger partial charge in [-0.15, -0.1) is 0 Å². The third-order valence-electron chi connectivity index (χ3n) is 4.63. The number of hydrogen-bond acceptors (Lipinski definition) is 2. The first-order chi connectivity index (χ1) is 9.01. The van der Waals surface area contributed by atoms with Gasteiger partial charge in [0, 0.05) is 28.8 Å². The summed E-state index contributed by atoms with van der Waals surface area (Å²) in [7, 11) is 0. The molecular formula is C16H24ClNO. The Morgan fingerprint density at radius 1 is 1.42 bits per heavy atom. The molecule has 1 fully saturated rings. The zero-order chi connectivity index (χ0) is 14.0. The van der Waals surface area contributed by atoms with Crippen LogP contribution in [-0.2, 0) is 4.74 Å². The SMILES string of the molecule is CCOC1CC(Nc2ccc(Cl)cc2C)C1(C)CC. The van der Waals surface area contributed by atoms with Gasteiger partial charge >= 0.3 is 0 Å². The van der Waals surface area contributed by atoms with Gasteiger partial charge in [-0.1, -0.05) is 25.4 Å². The minimum absolute atomic E-state index is 0.224. The lowest BCUT2D eigenvalue weighted by atomic mass is 9.61. The fourth-order valence-electron chi connectivity index (χ4n) is 2.95. The molecule has 1 aliphatic carbocycles. The highest BCUT2D eigenvalue weighted by atomic mass is 35.5. The number of benzene rings is 1. The predicted molar refractivity (Wildman–Crippen MR) is 82.0 cm³/mol. The molecule has 0 amide bonds. The Morgan fingerprint density at radius 2 is 2.16 bits per heavy atom. The van der Waals surface area contributed by atoms with Gasteiger partial charge in [0.2, 0.25) is 0 Å². The van der Waals surface area contributed by atoms with Gasteiger partial charge < -0.3 is 10.1 Å². The number of halogens is 1. The summed E-state index contributed by atoms with van der Waals surface area (Å²) >= 11 is 6.00. The van der Waals surface area contributed by atoms with E-state index in [1.807, 2.05) is 12.1 Å². The lowest BCUT2D eigenvalue weighted by Gasteiger charge is -2.54. The third kappa shape index (κ3) is 2.75. The predicted octanol–water partition coefficient (Wildman–Crippen LogP) is 4.65. The second-order valence-electron chi connectivity index (χ2n) is 5.70. The largest absolute Gasteiger partial charge is 0.381 e. The first-order valence-electron chi connectivity index (χ1n) is 7.15. The molecule has 3 atom stereocenters. The summed E-state index contributed by atoms with van der Waals surface area (Å²) in [6.45, 7) is 9.53. The van der Waals surface area contributed by atoms with Crippen LogP contribution in [0.2, 0.25) is 5.02 Å². The van der Waals surface area contributed by atoms with Crippen LogP contribution in [0, 0.1) is 12.3 Å². The van der Waals surface area contributed by atoms with Crippen LogP contribution in [0.5, 0.6) is 0 Å². The van der Waals surface area contributed by atoms with E-state index < -0.39 is 0 Å². The summed E-state index contributed by atoms with van der Waals surface area (Å²) < 4.78 is 5.84. The van der Waals surface area contributed by atoms with Gasteiger partial charge in [-0.2, -0.15) is 0 Å². The van der Waals surface area contributed by atoms with Crippen LogP contribution in [0.1, 0.15) is 39.2 Å². The van der Waals surface area contributed by atoms with Crippen molar-refractivity contribution in [2.75, 3.05) is 11.9 Å². The smallest absolute Gasteiger partial charge is 0.0667 e. The van der Waals surface area contributed by atoms with E-state index in [2.05, 4.69) is 39.1 Å². The fourth-order valence-corrected chi connectivity index (χ4v) is 3.18. The fraction of sp³-hybridized carbons (Fsp3) is 0.625. The van der Waals surface area contributed by atoms with Crippen LogP contribution >= 0.6 is 11.6 Å². The summed E-state index contributed by atoms with van der Waals surface area (Å²) in [4.78, 5) is 0. The molecule has 1 aliphatic rings. The van der Waals surface area contributed by atoms with Gasteiger partial charge in [-0.3, -0.25) is 0 Å². The Hall–Kier alpha value is -0.730. The van der Waals surface area contributed by atoms with Crippen LogP contribution in [-0.4, -0.2) is 18.8 Å². The maximum absolute atomic E-state index is 6.00. The molecule has 1 N–H and O–H groups in total. The zero-order valence-electron chi connectivity index (χ0n) is 12.3. The van der Waals surface area contributed by atoms with Crippen LogP contribution < -0.4 is 5.32 Å². The highest BCUT2D eigenvalue weighted by Gasteiger charge is 2.51. The van der Waals surface area contributed by atoms with Gasteiger partial charge in [-0.25, -0.2) is 0 Å². The van der Waals surface area contributed by atoms with Crippen molar-refractivity contribution in [2.45, 2.75) is 52.7 Å². The summed E-state index contributed by atoms with van der Waals surface area (Å²) in [6.07, 6.45) is 2.59. The van der Waals surface area contributed by atoms with Crippen molar-refractivity contribution in [3.8, 4) is 0 Å². The molecular weight excluding hydrogens is 258 g/mol. The average Bonchev–Trinajstić information content (AvgIpc) is 2.39. The summed E-state index contributed by atoms with van der Waals surface area (Å²) in [5.41, 5.74) is 2.61. The molecule has 1 aromatic carbocycles. The van der Waals surface area contributed by atoms with E-state index in [1.165, 1.54) is 11.3 Å². The highest BCUT2D eigenvalue weighted by molar-refractivity contribution is 6.30. The molecule has 3 unspecified atom stereocenters. The lowest BCUT2D eigenvalue weighted by Crippen LogP contribution is -2.59. The first kappa shape index (κ1) is 14.7. The zero-order valence-corrected chi connectivity index (χ0v) is 13.1. The van der Waals surface area contributed by atoms with Gasteiger partial charge in [0.05, 0.1) is 6.10 Å². The second-order valence-corrected chi connectivity index (χ2v) is 6.13. The number of rotatable bonds is 5. The molecule has 0 radical (unpaired) electrons. The maximum atomic E-state index is 6.00. The molecule has 1 aromatic rings. The van der Waals surface area contributed by atoms with Crippen LogP contribution in [0.15, 0.2) is 18.2 Å². The molecule has 0 aromatic heterocycles. The van der Waals surface area contributed by atoms with Crippen molar-refractivity contribution < 1.29 is 4.74 Å². The van der Waals surface area contributed by atoms with Crippen molar-refractivity contribution in [3.63, 3.8) is 0 Å². The molecule has 0 heterocycles.